The second kappa shape index (κ2) is 7.43. The van der Waals surface area contributed by atoms with Gasteiger partial charge < -0.3 is 15.2 Å². The Morgan fingerprint density at radius 2 is 1.81 bits per heavy atom. The van der Waals surface area contributed by atoms with Crippen LogP contribution in [0.25, 0.3) is 10.8 Å². The number of ether oxygens (including phenoxy) is 1. The van der Waals surface area contributed by atoms with Gasteiger partial charge in [-0.1, -0.05) is 36.4 Å². The lowest BCUT2D eigenvalue weighted by Gasteiger charge is -2.21. The highest BCUT2D eigenvalue weighted by Gasteiger charge is 2.45. The molecule has 1 saturated carbocycles. The number of aryl methyl sites for hydroxylation is 1. The van der Waals surface area contributed by atoms with E-state index in [0.29, 0.717) is 0 Å². The molecule has 3 aromatic carbocycles. The number of rotatable bonds is 6. The third-order valence-electron chi connectivity index (χ3n) is 5.76. The Labute approximate surface area is 180 Å². The predicted molar refractivity (Wildman–Crippen MR) is 121 cm³/mol. The fourth-order valence-electron chi connectivity index (χ4n) is 3.95. The lowest BCUT2D eigenvalue weighted by molar-refractivity contribution is 0.0697. The Morgan fingerprint density at radius 3 is 2.52 bits per heavy atom. The Bertz CT molecular complexity index is 1270. The van der Waals surface area contributed by atoms with E-state index in [0.717, 1.165) is 52.1 Å². The van der Waals surface area contributed by atoms with Gasteiger partial charge in [-0.05, 0) is 72.7 Å². The number of nitrogens with one attached hydrogen (secondary N) is 1. The van der Waals surface area contributed by atoms with Crippen LogP contribution in [0.4, 0.5) is 5.82 Å². The molecule has 1 fully saturated rings. The van der Waals surface area contributed by atoms with Gasteiger partial charge in [-0.15, -0.1) is 0 Å². The van der Waals surface area contributed by atoms with E-state index in [9.17, 15) is 9.90 Å². The molecule has 0 atom stereocenters. The molecule has 1 aromatic heterocycles. The van der Waals surface area contributed by atoms with Crippen LogP contribution in [0.3, 0.4) is 0 Å². The molecule has 2 N–H and O–H groups in total. The van der Waals surface area contributed by atoms with Gasteiger partial charge in [-0.3, -0.25) is 0 Å². The van der Waals surface area contributed by atoms with Gasteiger partial charge in [0, 0.05) is 6.20 Å². The van der Waals surface area contributed by atoms with Crippen molar-refractivity contribution in [2.24, 2.45) is 0 Å². The summed E-state index contributed by atoms with van der Waals surface area (Å²) < 4.78 is 6.25. The number of aromatic nitrogens is 1. The molecule has 0 unspecified atom stereocenters. The molecule has 1 aliphatic carbocycles. The summed E-state index contributed by atoms with van der Waals surface area (Å²) >= 11 is 0. The van der Waals surface area contributed by atoms with Crippen LogP contribution in [0, 0.1) is 6.92 Å². The number of hydrogen-bond acceptors (Lipinski definition) is 4. The van der Waals surface area contributed by atoms with Gasteiger partial charge in [0.1, 0.15) is 17.3 Å². The van der Waals surface area contributed by atoms with Gasteiger partial charge in [0.15, 0.2) is 0 Å². The summed E-state index contributed by atoms with van der Waals surface area (Å²) in [5, 5.41) is 14.8. The summed E-state index contributed by atoms with van der Waals surface area (Å²) in [6.45, 7) is 2.04. The molecule has 0 bridgehead atoms. The van der Waals surface area contributed by atoms with E-state index in [1.54, 1.807) is 18.3 Å². The van der Waals surface area contributed by atoms with Gasteiger partial charge in [-0.2, -0.15) is 0 Å². The Morgan fingerprint density at radius 1 is 1.03 bits per heavy atom. The molecule has 5 nitrogen and oxygen atoms in total. The zero-order chi connectivity index (χ0) is 21.4. The molecule has 154 valence electrons. The largest absolute Gasteiger partial charge is 0.478 e. The SMILES string of the molecule is Cc1cccc(Oc2cccc3ccnc(NC4(c5ccc(C(=O)O)cc5)CC4)c23)c1. The minimum Gasteiger partial charge on any atom is -0.478 e. The molecule has 0 aliphatic heterocycles. The van der Waals surface area contributed by atoms with E-state index < -0.39 is 5.97 Å². The standard InChI is InChI=1S/C26H22N2O3/c1-17-4-2-6-21(16-17)31-22-7-3-5-18-12-15-27-24(23(18)22)28-26(13-14-26)20-10-8-19(9-11-20)25(29)30/h2-12,15-16H,13-14H2,1H3,(H,27,28)(H,29,30). The lowest BCUT2D eigenvalue weighted by Crippen LogP contribution is -2.20. The second-order valence-corrected chi connectivity index (χ2v) is 8.02. The van der Waals surface area contributed by atoms with Crippen molar-refractivity contribution in [1.29, 1.82) is 0 Å². The quantitative estimate of drug-likeness (QED) is 0.400. The van der Waals surface area contributed by atoms with Gasteiger partial charge in [-0.25, -0.2) is 9.78 Å². The maximum Gasteiger partial charge on any atom is 0.335 e. The number of nitrogens with zero attached hydrogens (tertiary/aromatic N) is 1. The zero-order valence-corrected chi connectivity index (χ0v) is 17.1. The van der Waals surface area contributed by atoms with E-state index in [-0.39, 0.29) is 11.1 Å². The highest BCUT2D eigenvalue weighted by atomic mass is 16.5. The van der Waals surface area contributed by atoms with Crippen LogP contribution in [-0.2, 0) is 5.54 Å². The Hall–Kier alpha value is -3.86. The van der Waals surface area contributed by atoms with E-state index in [4.69, 9.17) is 4.74 Å². The van der Waals surface area contributed by atoms with Crippen molar-refractivity contribution >= 4 is 22.6 Å². The van der Waals surface area contributed by atoms with E-state index in [1.165, 1.54) is 0 Å². The van der Waals surface area contributed by atoms with Crippen LogP contribution >= 0.6 is 0 Å². The number of carboxylic acid groups (broad SMARTS) is 1. The topological polar surface area (TPSA) is 71.5 Å². The van der Waals surface area contributed by atoms with E-state index in [1.807, 2.05) is 67.6 Å². The maximum absolute atomic E-state index is 11.2. The molecule has 1 heterocycles. The summed E-state index contributed by atoms with van der Waals surface area (Å²) in [7, 11) is 0. The molecule has 31 heavy (non-hydrogen) atoms. The van der Waals surface area contributed by atoms with Crippen LogP contribution in [0.1, 0.15) is 34.3 Å². The summed E-state index contributed by atoms with van der Waals surface area (Å²) in [6, 6.07) is 23.0. The summed E-state index contributed by atoms with van der Waals surface area (Å²) in [6.07, 6.45) is 3.71. The summed E-state index contributed by atoms with van der Waals surface area (Å²) in [4.78, 5) is 15.8. The monoisotopic (exact) mass is 410 g/mol. The molecule has 0 radical (unpaired) electrons. The number of anilines is 1. The molecule has 0 saturated heterocycles. The van der Waals surface area contributed by atoms with Gasteiger partial charge >= 0.3 is 5.97 Å². The Balaban J connectivity index is 1.52. The minimum absolute atomic E-state index is 0.241. The van der Waals surface area contributed by atoms with Crippen molar-refractivity contribution in [1.82, 2.24) is 4.98 Å². The van der Waals surface area contributed by atoms with Gasteiger partial charge in [0.05, 0.1) is 16.5 Å². The van der Waals surface area contributed by atoms with Crippen molar-refractivity contribution in [3.8, 4) is 11.5 Å². The fraction of sp³-hybridized carbons (Fsp3) is 0.154. The summed E-state index contributed by atoms with van der Waals surface area (Å²) in [5.74, 6) is 1.38. The van der Waals surface area contributed by atoms with Crippen LogP contribution < -0.4 is 10.1 Å². The first-order chi connectivity index (χ1) is 15.0. The first-order valence-electron chi connectivity index (χ1n) is 10.3. The molecule has 0 spiro atoms. The number of carbonyl (C=O) groups is 1. The molecule has 4 aromatic rings. The third kappa shape index (κ3) is 3.70. The number of pyridine rings is 1. The molecule has 5 heteroatoms. The maximum atomic E-state index is 11.2. The smallest absolute Gasteiger partial charge is 0.335 e. The zero-order valence-electron chi connectivity index (χ0n) is 17.1. The highest BCUT2D eigenvalue weighted by Crippen LogP contribution is 2.49. The first kappa shape index (κ1) is 19.1. The van der Waals surface area contributed by atoms with Gasteiger partial charge in [0.2, 0.25) is 0 Å². The van der Waals surface area contributed by atoms with Crippen LogP contribution in [0.15, 0.2) is 79.0 Å². The number of aromatic carboxylic acids is 1. The third-order valence-corrected chi connectivity index (χ3v) is 5.76. The number of hydrogen-bond donors (Lipinski definition) is 2. The molecule has 0 amide bonds. The van der Waals surface area contributed by atoms with Crippen molar-refractivity contribution in [2.75, 3.05) is 5.32 Å². The van der Waals surface area contributed by atoms with Crippen molar-refractivity contribution in [3.63, 3.8) is 0 Å². The van der Waals surface area contributed by atoms with Crippen molar-refractivity contribution in [3.05, 3.63) is 95.7 Å². The average molecular weight is 410 g/mol. The normalized spacial score (nSPS) is 14.2. The van der Waals surface area contributed by atoms with Gasteiger partial charge in [0.25, 0.3) is 0 Å². The minimum atomic E-state index is -0.919. The number of benzene rings is 3. The average Bonchev–Trinajstić information content (AvgIpc) is 3.55. The number of fused-ring (bicyclic) bond motifs is 1. The summed E-state index contributed by atoms with van der Waals surface area (Å²) in [5.41, 5.74) is 2.25. The van der Waals surface area contributed by atoms with Crippen LogP contribution in [0.5, 0.6) is 11.5 Å². The van der Waals surface area contributed by atoms with E-state index >= 15 is 0 Å². The van der Waals surface area contributed by atoms with Crippen molar-refractivity contribution < 1.29 is 14.6 Å². The fourth-order valence-corrected chi connectivity index (χ4v) is 3.95. The first-order valence-corrected chi connectivity index (χ1v) is 10.3. The predicted octanol–water partition coefficient (Wildman–Crippen LogP) is 6.13. The van der Waals surface area contributed by atoms with Crippen LogP contribution in [-0.4, -0.2) is 16.1 Å². The molecular weight excluding hydrogens is 388 g/mol. The molecule has 5 rings (SSSR count). The van der Waals surface area contributed by atoms with Crippen LogP contribution in [0.2, 0.25) is 0 Å². The highest BCUT2D eigenvalue weighted by molar-refractivity contribution is 5.97. The molecular formula is C26H22N2O3. The van der Waals surface area contributed by atoms with Crippen molar-refractivity contribution in [2.45, 2.75) is 25.3 Å². The second-order valence-electron chi connectivity index (χ2n) is 8.02. The van der Waals surface area contributed by atoms with E-state index in [2.05, 4.69) is 10.3 Å². The molecule has 1 aliphatic rings. The lowest BCUT2D eigenvalue weighted by atomic mass is 10.0. The number of carboxylic acids is 1. The Kier molecular flexibility index (Phi) is 4.59.